The van der Waals surface area contributed by atoms with E-state index in [9.17, 15) is 14.7 Å². The maximum atomic E-state index is 12.7. The summed E-state index contributed by atoms with van der Waals surface area (Å²) in [6.45, 7) is -0.342. The minimum Gasteiger partial charge on any atom is -0.461 e. The monoisotopic (exact) mass is 592 g/mol. The van der Waals surface area contributed by atoms with Crippen LogP contribution in [0.3, 0.4) is 0 Å². The second kappa shape index (κ2) is 12.3. The first kappa shape index (κ1) is 28.6. The standard InChI is InChI=1S/C30H26Cl2N4O5/c1-2-30(18-40-26(39)16-20-8-11-21(31)12-9-20)23(37)17-25(41-30)36-15-14-22-27(34-29(32)35-28(22)36)33-24(38)13-10-19-6-4-3-5-7-19/h1,3-9,11-12,14-15,23,25,37H,10,13,16-18H2,(H,33,34,35,38)/t23-,25+,30+/m0/s1. The van der Waals surface area contributed by atoms with Crippen molar-refractivity contribution in [1.29, 1.82) is 0 Å². The van der Waals surface area contributed by atoms with Crippen molar-refractivity contribution in [2.24, 2.45) is 0 Å². The molecular formula is C30H26Cl2N4O5. The van der Waals surface area contributed by atoms with Gasteiger partial charge in [-0.1, -0.05) is 60.0 Å². The van der Waals surface area contributed by atoms with Gasteiger partial charge in [0.2, 0.25) is 11.2 Å². The summed E-state index contributed by atoms with van der Waals surface area (Å²) in [7, 11) is 0. The fourth-order valence-corrected chi connectivity index (χ4v) is 4.95. The van der Waals surface area contributed by atoms with Gasteiger partial charge < -0.3 is 24.5 Å². The normalized spacial score (nSPS) is 20.0. The second-order valence-corrected chi connectivity index (χ2v) is 10.4. The molecule has 5 rings (SSSR count). The van der Waals surface area contributed by atoms with Crippen LogP contribution in [0.4, 0.5) is 5.82 Å². The maximum absolute atomic E-state index is 12.7. The highest BCUT2D eigenvalue weighted by molar-refractivity contribution is 6.30. The molecule has 3 atom stereocenters. The third kappa shape index (κ3) is 6.53. The zero-order valence-corrected chi connectivity index (χ0v) is 23.3. The lowest BCUT2D eigenvalue weighted by Crippen LogP contribution is -2.43. The van der Waals surface area contributed by atoms with Crippen molar-refractivity contribution in [3.05, 3.63) is 88.3 Å². The van der Waals surface area contributed by atoms with Crippen LogP contribution in [0.1, 0.15) is 30.2 Å². The summed E-state index contributed by atoms with van der Waals surface area (Å²) < 4.78 is 13.2. The molecule has 0 saturated carbocycles. The van der Waals surface area contributed by atoms with Gasteiger partial charge in [-0.15, -0.1) is 6.42 Å². The number of halogens is 2. The number of nitrogens with one attached hydrogen (secondary N) is 1. The summed E-state index contributed by atoms with van der Waals surface area (Å²) >= 11 is 12.1. The molecule has 210 valence electrons. The third-order valence-corrected chi connectivity index (χ3v) is 7.28. The smallest absolute Gasteiger partial charge is 0.310 e. The number of aliphatic hydroxyl groups excluding tert-OH is 1. The van der Waals surface area contributed by atoms with Crippen LogP contribution in [0.25, 0.3) is 11.0 Å². The number of rotatable bonds is 9. The summed E-state index contributed by atoms with van der Waals surface area (Å²) in [5, 5.41) is 14.7. The van der Waals surface area contributed by atoms with Crippen molar-refractivity contribution < 1.29 is 24.2 Å². The van der Waals surface area contributed by atoms with Crippen molar-refractivity contribution in [2.75, 3.05) is 11.9 Å². The average molecular weight is 593 g/mol. The third-order valence-electron chi connectivity index (χ3n) is 6.86. The molecule has 3 heterocycles. The van der Waals surface area contributed by atoms with Gasteiger partial charge in [-0.05, 0) is 47.3 Å². The number of benzene rings is 2. The molecule has 0 unspecified atom stereocenters. The summed E-state index contributed by atoms with van der Waals surface area (Å²) in [6.07, 6.45) is 6.52. The molecule has 2 N–H and O–H groups in total. The Bertz CT molecular complexity index is 1600. The van der Waals surface area contributed by atoms with E-state index in [0.29, 0.717) is 22.5 Å². The Morgan fingerprint density at radius 3 is 2.61 bits per heavy atom. The lowest BCUT2D eigenvalue weighted by molar-refractivity contribution is -0.155. The number of aliphatic hydroxyl groups is 1. The van der Waals surface area contributed by atoms with E-state index >= 15 is 0 Å². The molecular weight excluding hydrogens is 567 g/mol. The summed E-state index contributed by atoms with van der Waals surface area (Å²) in [5.41, 5.74) is 0.582. The first-order chi connectivity index (χ1) is 19.8. The van der Waals surface area contributed by atoms with Crippen molar-refractivity contribution in [3.63, 3.8) is 0 Å². The van der Waals surface area contributed by atoms with E-state index in [1.807, 2.05) is 30.3 Å². The second-order valence-electron chi connectivity index (χ2n) is 9.66. The van der Waals surface area contributed by atoms with Crippen LogP contribution in [0.5, 0.6) is 0 Å². The van der Waals surface area contributed by atoms with Gasteiger partial charge in [-0.3, -0.25) is 9.59 Å². The zero-order chi connectivity index (χ0) is 29.0. The molecule has 1 fully saturated rings. The number of esters is 1. The van der Waals surface area contributed by atoms with E-state index in [0.717, 1.165) is 11.1 Å². The number of ether oxygens (including phenoxy) is 2. The van der Waals surface area contributed by atoms with E-state index in [1.54, 1.807) is 41.1 Å². The maximum Gasteiger partial charge on any atom is 0.310 e. The Labute approximate surface area is 246 Å². The minimum atomic E-state index is -1.57. The van der Waals surface area contributed by atoms with E-state index < -0.39 is 23.9 Å². The molecule has 0 spiro atoms. The number of hydrogen-bond acceptors (Lipinski definition) is 7. The molecule has 1 aliphatic rings. The summed E-state index contributed by atoms with van der Waals surface area (Å²) in [5.74, 6) is 1.98. The summed E-state index contributed by atoms with van der Waals surface area (Å²) in [6, 6.07) is 18.2. The number of nitrogens with zero attached hydrogens (tertiary/aromatic N) is 3. The summed E-state index contributed by atoms with van der Waals surface area (Å²) in [4.78, 5) is 33.7. The van der Waals surface area contributed by atoms with Gasteiger partial charge in [0, 0.05) is 24.1 Å². The number of hydrogen-bond donors (Lipinski definition) is 2. The van der Waals surface area contributed by atoms with Crippen LogP contribution >= 0.6 is 23.2 Å². The Kier molecular flexibility index (Phi) is 8.57. The number of aromatic nitrogens is 3. The number of anilines is 1. The van der Waals surface area contributed by atoms with Crippen LogP contribution in [0.2, 0.25) is 10.3 Å². The number of aryl methyl sites for hydroxylation is 1. The molecule has 1 aliphatic heterocycles. The number of terminal acetylenes is 1. The SMILES string of the molecule is C#C[C@]1(COC(=O)Cc2ccc(Cl)cc2)O[C@@H](n2ccc3c(NC(=O)CCc4ccccc4)nc(Cl)nc32)C[C@@H]1O. The topological polar surface area (TPSA) is 116 Å². The van der Waals surface area contributed by atoms with Crippen molar-refractivity contribution in [2.45, 2.75) is 43.6 Å². The zero-order valence-electron chi connectivity index (χ0n) is 21.8. The first-order valence-corrected chi connectivity index (χ1v) is 13.6. The van der Waals surface area contributed by atoms with Crippen molar-refractivity contribution in [1.82, 2.24) is 14.5 Å². The van der Waals surface area contributed by atoms with Crippen LogP contribution < -0.4 is 5.32 Å². The molecule has 0 aliphatic carbocycles. The Hall–Kier alpha value is -3.94. The highest BCUT2D eigenvalue weighted by Gasteiger charge is 2.49. The Balaban J connectivity index is 1.28. The fraction of sp³-hybridized carbons (Fsp3) is 0.267. The average Bonchev–Trinajstić information content (AvgIpc) is 3.53. The van der Waals surface area contributed by atoms with E-state index in [2.05, 4.69) is 21.2 Å². The molecule has 11 heteroatoms. The van der Waals surface area contributed by atoms with Crippen molar-refractivity contribution >= 4 is 51.9 Å². The van der Waals surface area contributed by atoms with Gasteiger partial charge >= 0.3 is 5.97 Å². The largest absolute Gasteiger partial charge is 0.461 e. The van der Waals surface area contributed by atoms with Gasteiger partial charge in [-0.2, -0.15) is 9.97 Å². The number of carbonyl (C=O) groups excluding carboxylic acids is 2. The van der Waals surface area contributed by atoms with E-state index in [4.69, 9.17) is 39.1 Å². The van der Waals surface area contributed by atoms with Gasteiger partial charge in [0.05, 0.1) is 11.8 Å². The molecule has 2 aromatic heterocycles. The lowest BCUT2D eigenvalue weighted by atomic mass is 9.99. The van der Waals surface area contributed by atoms with E-state index in [-0.39, 0.29) is 42.9 Å². The van der Waals surface area contributed by atoms with Crippen LogP contribution in [0.15, 0.2) is 66.9 Å². The van der Waals surface area contributed by atoms with Gasteiger partial charge in [0.25, 0.3) is 0 Å². The molecule has 4 aromatic rings. The molecule has 41 heavy (non-hydrogen) atoms. The van der Waals surface area contributed by atoms with Gasteiger partial charge in [0.1, 0.15) is 30.4 Å². The molecule has 9 nitrogen and oxygen atoms in total. The Morgan fingerprint density at radius 2 is 1.88 bits per heavy atom. The van der Waals surface area contributed by atoms with Crippen LogP contribution in [-0.2, 0) is 31.9 Å². The Morgan fingerprint density at radius 1 is 1.12 bits per heavy atom. The predicted octanol–water partition coefficient (Wildman–Crippen LogP) is 4.75. The highest BCUT2D eigenvalue weighted by Crippen LogP contribution is 2.39. The number of amides is 1. The molecule has 0 radical (unpaired) electrons. The van der Waals surface area contributed by atoms with Crippen molar-refractivity contribution in [3.8, 4) is 12.3 Å². The first-order valence-electron chi connectivity index (χ1n) is 12.9. The van der Waals surface area contributed by atoms with Crippen LogP contribution in [-0.4, -0.2) is 49.8 Å². The molecule has 0 bridgehead atoms. The predicted molar refractivity (Wildman–Crippen MR) is 154 cm³/mol. The quantitative estimate of drug-likeness (QED) is 0.164. The molecule has 1 amide bonds. The fourth-order valence-electron chi connectivity index (χ4n) is 4.66. The number of carbonyl (C=O) groups is 2. The number of fused-ring (bicyclic) bond motifs is 1. The van der Waals surface area contributed by atoms with Gasteiger partial charge in [0.15, 0.2) is 5.60 Å². The van der Waals surface area contributed by atoms with Gasteiger partial charge in [-0.25, -0.2) is 0 Å². The highest BCUT2D eigenvalue weighted by atomic mass is 35.5. The van der Waals surface area contributed by atoms with Crippen LogP contribution in [0, 0.1) is 12.3 Å². The molecule has 1 saturated heterocycles. The lowest BCUT2D eigenvalue weighted by Gasteiger charge is -2.26. The van der Waals surface area contributed by atoms with E-state index in [1.165, 1.54) is 0 Å². The molecule has 2 aromatic carbocycles. The minimum absolute atomic E-state index is 0.00878.